The SMILES string of the molecule is C=Cc1ccc(C(=O)NCCc2ccc(CC)cc2)cc1CCC. The van der Waals surface area contributed by atoms with Crippen molar-refractivity contribution in [3.63, 3.8) is 0 Å². The highest BCUT2D eigenvalue weighted by Gasteiger charge is 2.08. The number of hydrogen-bond acceptors (Lipinski definition) is 1. The molecule has 0 aliphatic heterocycles. The van der Waals surface area contributed by atoms with Gasteiger partial charge in [0.05, 0.1) is 0 Å². The van der Waals surface area contributed by atoms with Crippen LogP contribution in [0.15, 0.2) is 49.0 Å². The summed E-state index contributed by atoms with van der Waals surface area (Å²) in [6.45, 7) is 8.79. The van der Waals surface area contributed by atoms with E-state index in [2.05, 4.69) is 50.0 Å². The number of aryl methyl sites for hydroxylation is 2. The summed E-state index contributed by atoms with van der Waals surface area (Å²) < 4.78 is 0. The Kier molecular flexibility index (Phi) is 6.80. The third kappa shape index (κ3) is 4.82. The summed E-state index contributed by atoms with van der Waals surface area (Å²) in [5.74, 6) is -0.00635. The minimum Gasteiger partial charge on any atom is -0.352 e. The maximum Gasteiger partial charge on any atom is 0.251 e. The molecule has 0 atom stereocenters. The Hall–Kier alpha value is -2.35. The number of carbonyl (C=O) groups excluding carboxylic acids is 1. The van der Waals surface area contributed by atoms with Gasteiger partial charge in [-0.1, -0.05) is 63.3 Å². The molecule has 0 bridgehead atoms. The number of nitrogens with one attached hydrogen (secondary N) is 1. The average molecular weight is 321 g/mol. The molecule has 0 aliphatic carbocycles. The molecule has 0 radical (unpaired) electrons. The Labute approximate surface area is 145 Å². The highest BCUT2D eigenvalue weighted by molar-refractivity contribution is 5.94. The maximum absolute atomic E-state index is 12.4. The first-order valence-electron chi connectivity index (χ1n) is 8.79. The molecule has 1 amide bonds. The summed E-state index contributed by atoms with van der Waals surface area (Å²) in [7, 11) is 0. The molecule has 0 aliphatic rings. The summed E-state index contributed by atoms with van der Waals surface area (Å²) in [6, 6.07) is 14.4. The molecule has 0 unspecified atom stereocenters. The molecule has 24 heavy (non-hydrogen) atoms. The normalized spacial score (nSPS) is 10.4. The van der Waals surface area contributed by atoms with Gasteiger partial charge in [-0.3, -0.25) is 4.79 Å². The van der Waals surface area contributed by atoms with Crippen molar-refractivity contribution in [2.24, 2.45) is 0 Å². The molecule has 0 saturated carbocycles. The van der Waals surface area contributed by atoms with E-state index in [0.717, 1.165) is 36.8 Å². The second kappa shape index (κ2) is 9.07. The molecule has 2 aromatic rings. The maximum atomic E-state index is 12.4. The van der Waals surface area contributed by atoms with Crippen LogP contribution in [0.25, 0.3) is 6.08 Å². The van der Waals surface area contributed by atoms with Crippen molar-refractivity contribution in [1.82, 2.24) is 5.32 Å². The number of benzene rings is 2. The van der Waals surface area contributed by atoms with Crippen LogP contribution in [0.2, 0.25) is 0 Å². The number of hydrogen-bond donors (Lipinski definition) is 1. The molecule has 0 saturated heterocycles. The molecule has 1 N–H and O–H groups in total. The van der Waals surface area contributed by atoms with Crippen molar-refractivity contribution >= 4 is 12.0 Å². The van der Waals surface area contributed by atoms with Gasteiger partial charge in [0.15, 0.2) is 0 Å². The molecule has 0 fully saturated rings. The Morgan fingerprint density at radius 2 is 1.75 bits per heavy atom. The first-order chi connectivity index (χ1) is 11.7. The van der Waals surface area contributed by atoms with Gasteiger partial charge in [0.2, 0.25) is 0 Å². The third-order valence-corrected chi connectivity index (χ3v) is 4.27. The van der Waals surface area contributed by atoms with Crippen LogP contribution in [0.3, 0.4) is 0 Å². The lowest BCUT2D eigenvalue weighted by Crippen LogP contribution is -2.25. The van der Waals surface area contributed by atoms with E-state index in [-0.39, 0.29) is 5.91 Å². The molecular weight excluding hydrogens is 294 g/mol. The summed E-state index contributed by atoms with van der Waals surface area (Å²) >= 11 is 0. The van der Waals surface area contributed by atoms with Crippen LogP contribution in [0, 0.1) is 0 Å². The van der Waals surface area contributed by atoms with Crippen molar-refractivity contribution < 1.29 is 4.79 Å². The third-order valence-electron chi connectivity index (χ3n) is 4.27. The van der Waals surface area contributed by atoms with Crippen molar-refractivity contribution in [2.45, 2.75) is 39.5 Å². The lowest BCUT2D eigenvalue weighted by Gasteiger charge is -2.10. The Morgan fingerprint density at radius 1 is 1.04 bits per heavy atom. The van der Waals surface area contributed by atoms with Crippen molar-refractivity contribution in [3.05, 3.63) is 76.9 Å². The van der Waals surface area contributed by atoms with Gasteiger partial charge in [-0.05, 0) is 53.6 Å². The average Bonchev–Trinajstić information content (AvgIpc) is 2.62. The van der Waals surface area contributed by atoms with Crippen molar-refractivity contribution in [2.75, 3.05) is 6.54 Å². The second-order valence-corrected chi connectivity index (χ2v) is 6.04. The van der Waals surface area contributed by atoms with Gasteiger partial charge in [-0.2, -0.15) is 0 Å². The van der Waals surface area contributed by atoms with Gasteiger partial charge in [-0.15, -0.1) is 0 Å². The van der Waals surface area contributed by atoms with E-state index in [1.165, 1.54) is 16.7 Å². The highest BCUT2D eigenvalue weighted by Crippen LogP contribution is 2.15. The Balaban J connectivity index is 1.94. The smallest absolute Gasteiger partial charge is 0.251 e. The van der Waals surface area contributed by atoms with Gasteiger partial charge in [0, 0.05) is 12.1 Å². The molecule has 0 aromatic heterocycles. The van der Waals surface area contributed by atoms with Crippen LogP contribution in [-0.4, -0.2) is 12.5 Å². The molecule has 0 heterocycles. The quantitative estimate of drug-likeness (QED) is 0.742. The summed E-state index contributed by atoms with van der Waals surface area (Å²) in [5, 5.41) is 3.02. The van der Waals surface area contributed by atoms with E-state index < -0.39 is 0 Å². The minimum atomic E-state index is -0.00635. The first kappa shape index (κ1) is 18.0. The van der Waals surface area contributed by atoms with E-state index in [1.54, 1.807) is 0 Å². The second-order valence-electron chi connectivity index (χ2n) is 6.04. The van der Waals surface area contributed by atoms with Crippen LogP contribution in [0.5, 0.6) is 0 Å². The standard InChI is InChI=1S/C22H27NO/c1-4-7-20-16-21(13-12-19(20)6-3)22(24)23-15-14-18-10-8-17(5-2)9-11-18/h6,8-13,16H,3-5,7,14-15H2,1-2H3,(H,23,24). The van der Waals surface area contributed by atoms with E-state index in [1.807, 2.05) is 24.3 Å². The van der Waals surface area contributed by atoms with Crippen molar-refractivity contribution in [1.29, 1.82) is 0 Å². The Morgan fingerprint density at radius 3 is 2.38 bits per heavy atom. The summed E-state index contributed by atoms with van der Waals surface area (Å²) in [5.41, 5.74) is 5.62. The molecule has 126 valence electrons. The lowest BCUT2D eigenvalue weighted by molar-refractivity contribution is 0.0954. The fourth-order valence-electron chi connectivity index (χ4n) is 2.80. The molecule has 2 aromatic carbocycles. The van der Waals surface area contributed by atoms with Gasteiger partial charge in [0.1, 0.15) is 0 Å². The summed E-state index contributed by atoms with van der Waals surface area (Å²) in [4.78, 5) is 12.4. The minimum absolute atomic E-state index is 0.00635. The van der Waals surface area contributed by atoms with Crippen LogP contribution >= 0.6 is 0 Å². The number of amides is 1. The zero-order valence-corrected chi connectivity index (χ0v) is 14.8. The summed E-state index contributed by atoms with van der Waals surface area (Å²) in [6.07, 6.45) is 5.78. The monoisotopic (exact) mass is 321 g/mol. The highest BCUT2D eigenvalue weighted by atomic mass is 16.1. The zero-order valence-electron chi connectivity index (χ0n) is 14.8. The van der Waals surface area contributed by atoms with E-state index in [4.69, 9.17) is 0 Å². The molecule has 2 nitrogen and oxygen atoms in total. The van der Waals surface area contributed by atoms with Crippen LogP contribution in [0.1, 0.15) is 52.9 Å². The molecule has 0 spiro atoms. The van der Waals surface area contributed by atoms with Crippen molar-refractivity contribution in [3.8, 4) is 0 Å². The van der Waals surface area contributed by atoms with E-state index >= 15 is 0 Å². The first-order valence-corrected chi connectivity index (χ1v) is 8.79. The zero-order chi connectivity index (χ0) is 17.4. The predicted octanol–water partition coefficient (Wildman–Crippen LogP) is 4.82. The van der Waals surface area contributed by atoms with Gasteiger partial charge in [-0.25, -0.2) is 0 Å². The largest absolute Gasteiger partial charge is 0.352 e. The number of carbonyl (C=O) groups is 1. The molecular formula is C22H27NO. The fourth-order valence-corrected chi connectivity index (χ4v) is 2.80. The van der Waals surface area contributed by atoms with Gasteiger partial charge >= 0.3 is 0 Å². The number of rotatable bonds is 8. The van der Waals surface area contributed by atoms with Crippen LogP contribution in [0.4, 0.5) is 0 Å². The van der Waals surface area contributed by atoms with Crippen LogP contribution < -0.4 is 5.32 Å². The van der Waals surface area contributed by atoms with E-state index in [0.29, 0.717) is 6.54 Å². The fraction of sp³-hybridized carbons (Fsp3) is 0.318. The van der Waals surface area contributed by atoms with Gasteiger partial charge < -0.3 is 5.32 Å². The van der Waals surface area contributed by atoms with Gasteiger partial charge in [0.25, 0.3) is 5.91 Å². The predicted molar refractivity (Wildman–Crippen MR) is 102 cm³/mol. The van der Waals surface area contributed by atoms with E-state index in [9.17, 15) is 4.79 Å². The molecule has 2 heteroatoms. The van der Waals surface area contributed by atoms with Crippen LogP contribution in [-0.2, 0) is 19.3 Å². The molecule has 2 rings (SSSR count). The Bertz CT molecular complexity index is 686. The lowest BCUT2D eigenvalue weighted by atomic mass is 10.00. The topological polar surface area (TPSA) is 29.1 Å².